The Kier molecular flexibility index (Phi) is 12.2. The average Bonchev–Trinajstić information content (AvgIpc) is 3.06. The summed E-state index contributed by atoms with van der Waals surface area (Å²) in [6.07, 6.45) is 1.94. The molecule has 0 fully saturated rings. The first-order valence-corrected chi connectivity index (χ1v) is 17.0. The maximum atomic E-state index is 14.5. The summed E-state index contributed by atoms with van der Waals surface area (Å²) in [6.45, 7) is 2.05. The Morgan fingerprint density at radius 2 is 1.51 bits per heavy atom. The summed E-state index contributed by atoms with van der Waals surface area (Å²) in [7, 11) is -2.59. The van der Waals surface area contributed by atoms with Crippen LogP contribution in [0.15, 0.2) is 119 Å². The number of nitrogens with one attached hydrogen (secondary N) is 1. The summed E-state index contributed by atoms with van der Waals surface area (Å²) < 4.78 is 35.4. The molecule has 0 heterocycles. The lowest BCUT2D eigenvalue weighted by atomic mass is 10.0. The van der Waals surface area contributed by atoms with Crippen molar-refractivity contribution in [1.82, 2.24) is 10.2 Å². The first-order chi connectivity index (χ1) is 21.7. The van der Waals surface area contributed by atoms with Crippen LogP contribution in [0.2, 0.25) is 0 Å². The van der Waals surface area contributed by atoms with E-state index in [0.717, 1.165) is 32.7 Å². The van der Waals surface area contributed by atoms with Gasteiger partial charge < -0.3 is 15.0 Å². The first kappa shape index (κ1) is 33.7. The van der Waals surface area contributed by atoms with Crippen LogP contribution in [0, 0.1) is 0 Å². The van der Waals surface area contributed by atoms with Gasteiger partial charge in [0.1, 0.15) is 18.3 Å². The van der Waals surface area contributed by atoms with E-state index in [4.69, 9.17) is 4.74 Å². The zero-order valence-corrected chi connectivity index (χ0v) is 27.8. The van der Waals surface area contributed by atoms with Gasteiger partial charge in [0.15, 0.2) is 0 Å². The molecule has 0 bridgehead atoms. The second-order valence-electron chi connectivity index (χ2n) is 10.5. The molecule has 0 spiro atoms. The highest BCUT2D eigenvalue weighted by atomic mass is 79.9. The Hall–Kier alpha value is -4.15. The zero-order chi connectivity index (χ0) is 32.2. The predicted molar refractivity (Wildman–Crippen MR) is 181 cm³/mol. The van der Waals surface area contributed by atoms with Gasteiger partial charge in [-0.25, -0.2) is 8.42 Å². The number of benzene rings is 4. The number of sulfonamides is 1. The lowest BCUT2D eigenvalue weighted by Crippen LogP contribution is -2.53. The Morgan fingerprint density at radius 3 is 2.16 bits per heavy atom. The molecule has 4 aromatic rings. The Morgan fingerprint density at radius 1 is 0.867 bits per heavy atom. The van der Waals surface area contributed by atoms with Crippen LogP contribution < -0.4 is 14.4 Å². The molecule has 8 nitrogen and oxygen atoms in total. The Balaban J connectivity index is 1.79. The van der Waals surface area contributed by atoms with Crippen LogP contribution in [-0.2, 0) is 32.6 Å². The van der Waals surface area contributed by atoms with Crippen LogP contribution in [0.4, 0.5) is 5.69 Å². The Labute approximate surface area is 274 Å². The van der Waals surface area contributed by atoms with E-state index < -0.39 is 28.5 Å². The number of unbranched alkanes of at least 4 members (excludes halogenated alkanes) is 1. The molecule has 1 N–H and O–H groups in total. The van der Waals surface area contributed by atoms with Crippen LogP contribution in [-0.4, -0.2) is 51.4 Å². The van der Waals surface area contributed by atoms with Crippen molar-refractivity contribution in [2.75, 3.05) is 24.5 Å². The highest BCUT2D eigenvalue weighted by Crippen LogP contribution is 2.27. The maximum absolute atomic E-state index is 14.5. The number of carbonyl (C=O) groups is 2. The smallest absolute Gasteiger partial charge is 0.264 e. The molecule has 0 aliphatic heterocycles. The van der Waals surface area contributed by atoms with Gasteiger partial charge >= 0.3 is 0 Å². The minimum atomic E-state index is -4.15. The average molecular weight is 693 g/mol. The van der Waals surface area contributed by atoms with Crippen LogP contribution in [0.3, 0.4) is 0 Å². The van der Waals surface area contributed by atoms with E-state index in [2.05, 4.69) is 21.2 Å². The summed E-state index contributed by atoms with van der Waals surface area (Å²) in [5, 5.41) is 3.00. The molecule has 236 valence electrons. The zero-order valence-electron chi connectivity index (χ0n) is 25.4. The summed E-state index contributed by atoms with van der Waals surface area (Å²) >= 11 is 3.41. The molecule has 0 unspecified atom stereocenters. The van der Waals surface area contributed by atoms with Crippen molar-refractivity contribution < 1.29 is 22.7 Å². The highest BCUT2D eigenvalue weighted by Gasteiger charge is 2.34. The van der Waals surface area contributed by atoms with Gasteiger partial charge in [-0.3, -0.25) is 13.9 Å². The molecule has 0 aliphatic rings. The van der Waals surface area contributed by atoms with Crippen LogP contribution in [0.5, 0.6) is 5.75 Å². The third-order valence-corrected chi connectivity index (χ3v) is 9.63. The quantitative estimate of drug-likeness (QED) is 0.150. The Bertz CT molecular complexity index is 1650. The van der Waals surface area contributed by atoms with Gasteiger partial charge in [-0.05, 0) is 66.1 Å². The maximum Gasteiger partial charge on any atom is 0.264 e. The minimum Gasteiger partial charge on any atom is -0.497 e. The molecular formula is C35H38BrN3O5S. The number of methoxy groups -OCH3 is 1. The minimum absolute atomic E-state index is 0.0539. The molecule has 45 heavy (non-hydrogen) atoms. The van der Waals surface area contributed by atoms with Crippen molar-refractivity contribution in [2.24, 2.45) is 0 Å². The normalized spacial score (nSPS) is 11.8. The molecule has 4 rings (SSSR count). The van der Waals surface area contributed by atoms with E-state index >= 15 is 0 Å². The van der Waals surface area contributed by atoms with E-state index in [0.29, 0.717) is 18.0 Å². The van der Waals surface area contributed by atoms with Gasteiger partial charge in [0, 0.05) is 24.0 Å². The number of hydrogen-bond acceptors (Lipinski definition) is 5. The number of carbonyl (C=O) groups excluding carboxylic acids is 2. The second-order valence-corrected chi connectivity index (χ2v) is 13.3. The second kappa shape index (κ2) is 16.2. The van der Waals surface area contributed by atoms with E-state index in [-0.39, 0.29) is 23.8 Å². The van der Waals surface area contributed by atoms with E-state index in [1.54, 1.807) is 55.6 Å². The number of amides is 2. The van der Waals surface area contributed by atoms with E-state index in [9.17, 15) is 18.0 Å². The van der Waals surface area contributed by atoms with Crippen molar-refractivity contribution in [3.63, 3.8) is 0 Å². The van der Waals surface area contributed by atoms with Gasteiger partial charge in [0.25, 0.3) is 10.0 Å². The van der Waals surface area contributed by atoms with Crippen LogP contribution >= 0.6 is 15.9 Å². The number of halogens is 1. The van der Waals surface area contributed by atoms with Crippen molar-refractivity contribution in [2.45, 2.75) is 43.7 Å². The van der Waals surface area contributed by atoms with E-state index in [1.165, 1.54) is 17.0 Å². The fourth-order valence-electron chi connectivity index (χ4n) is 4.88. The number of hydrogen-bond donors (Lipinski definition) is 1. The molecule has 0 saturated carbocycles. The molecule has 0 aliphatic carbocycles. The topological polar surface area (TPSA) is 96.0 Å². The standard InChI is InChI=1S/C35H38BrN3O5S/c1-3-4-22-37-35(41)33(24-27-12-7-5-8-13-27)38(25-28-14-11-15-31(23-28)44-2)34(40)26-39(30-20-18-29(36)19-21-30)45(42,43)32-16-9-6-10-17-32/h5-21,23,33H,3-4,22,24-26H2,1-2H3,(H,37,41)/t33-/m1/s1. The lowest BCUT2D eigenvalue weighted by molar-refractivity contribution is -0.140. The largest absolute Gasteiger partial charge is 0.497 e. The van der Waals surface area contributed by atoms with Crippen LogP contribution in [0.25, 0.3) is 0 Å². The number of anilines is 1. The van der Waals surface area contributed by atoms with Gasteiger partial charge in [-0.1, -0.05) is 89.9 Å². The molecule has 10 heteroatoms. The summed E-state index contributed by atoms with van der Waals surface area (Å²) in [4.78, 5) is 29.9. The third kappa shape index (κ3) is 9.18. The molecule has 4 aromatic carbocycles. The van der Waals surface area contributed by atoms with Crippen molar-refractivity contribution >= 4 is 43.5 Å². The fourth-order valence-corrected chi connectivity index (χ4v) is 6.58. The molecular weight excluding hydrogens is 654 g/mol. The summed E-state index contributed by atoms with van der Waals surface area (Å²) in [6, 6.07) is 30.6. The van der Waals surface area contributed by atoms with Crippen molar-refractivity contribution in [3.05, 3.63) is 125 Å². The van der Waals surface area contributed by atoms with Gasteiger partial charge in [0.05, 0.1) is 17.7 Å². The summed E-state index contributed by atoms with van der Waals surface area (Å²) in [5.74, 6) is -0.216. The first-order valence-electron chi connectivity index (χ1n) is 14.8. The lowest BCUT2D eigenvalue weighted by Gasteiger charge is -2.34. The third-order valence-electron chi connectivity index (χ3n) is 7.31. The molecule has 0 saturated heterocycles. The number of rotatable bonds is 15. The number of nitrogens with zero attached hydrogens (tertiary/aromatic N) is 2. The summed E-state index contributed by atoms with van der Waals surface area (Å²) in [5.41, 5.74) is 1.94. The molecule has 2 amide bonds. The molecule has 0 radical (unpaired) electrons. The predicted octanol–water partition coefficient (Wildman–Crippen LogP) is 6.21. The van der Waals surface area contributed by atoms with Gasteiger partial charge in [0.2, 0.25) is 11.8 Å². The highest BCUT2D eigenvalue weighted by molar-refractivity contribution is 9.10. The van der Waals surface area contributed by atoms with Crippen molar-refractivity contribution in [1.29, 1.82) is 0 Å². The van der Waals surface area contributed by atoms with Gasteiger partial charge in [-0.2, -0.15) is 0 Å². The molecule has 1 atom stereocenters. The van der Waals surface area contributed by atoms with Gasteiger partial charge in [-0.15, -0.1) is 0 Å². The van der Waals surface area contributed by atoms with Crippen LogP contribution in [0.1, 0.15) is 30.9 Å². The van der Waals surface area contributed by atoms with E-state index in [1.807, 2.05) is 55.5 Å². The molecule has 0 aromatic heterocycles. The monoisotopic (exact) mass is 691 g/mol. The number of ether oxygens (including phenoxy) is 1. The van der Waals surface area contributed by atoms with Crippen molar-refractivity contribution in [3.8, 4) is 5.75 Å². The SMILES string of the molecule is CCCCNC(=O)[C@@H](Cc1ccccc1)N(Cc1cccc(OC)c1)C(=O)CN(c1ccc(Br)cc1)S(=O)(=O)c1ccccc1. The fraction of sp³-hybridized carbons (Fsp3) is 0.257.